The quantitative estimate of drug-likeness (QED) is 0.270. The highest BCUT2D eigenvalue weighted by Crippen LogP contribution is 2.16. The van der Waals surface area contributed by atoms with E-state index in [1.54, 1.807) is 0 Å². The van der Waals surface area contributed by atoms with Crippen molar-refractivity contribution in [1.82, 2.24) is 0 Å². The Kier molecular flexibility index (Phi) is 4.80. The molecule has 19 heavy (non-hydrogen) atoms. The maximum atomic E-state index is 13.2. The summed E-state index contributed by atoms with van der Waals surface area (Å²) in [7, 11) is 0. The third kappa shape index (κ3) is 3.40. The van der Waals surface area contributed by atoms with Gasteiger partial charge < -0.3 is 4.74 Å². The fourth-order valence-electron chi connectivity index (χ4n) is 1.27. The number of benzene rings is 1. The Hall–Kier alpha value is -2.18. The van der Waals surface area contributed by atoms with Crippen LogP contribution < -0.4 is 0 Å². The highest BCUT2D eigenvalue weighted by Gasteiger charge is 2.24. The molecule has 0 radical (unpaired) electrons. The van der Waals surface area contributed by atoms with E-state index >= 15 is 0 Å². The molecule has 0 aliphatic heterocycles. The first-order valence-electron chi connectivity index (χ1n) is 5.25. The van der Waals surface area contributed by atoms with Crippen molar-refractivity contribution in [1.29, 1.82) is 0 Å². The lowest BCUT2D eigenvalue weighted by Gasteiger charge is -2.03. The molecular formula is C12H9F3O4. The number of hydrogen-bond acceptors (Lipinski definition) is 4. The van der Waals surface area contributed by atoms with E-state index in [4.69, 9.17) is 0 Å². The fourth-order valence-corrected chi connectivity index (χ4v) is 1.27. The van der Waals surface area contributed by atoms with Crippen LogP contribution in [0.5, 0.6) is 0 Å². The zero-order valence-electron chi connectivity index (χ0n) is 9.84. The summed E-state index contributed by atoms with van der Waals surface area (Å²) in [6.45, 7) is 1.40. The van der Waals surface area contributed by atoms with E-state index in [0.29, 0.717) is 12.1 Å². The lowest BCUT2D eigenvalue weighted by atomic mass is 10.0. The van der Waals surface area contributed by atoms with Gasteiger partial charge in [0.1, 0.15) is 0 Å². The van der Waals surface area contributed by atoms with Crippen molar-refractivity contribution in [3.05, 3.63) is 35.1 Å². The van der Waals surface area contributed by atoms with E-state index in [1.165, 1.54) is 6.92 Å². The molecule has 0 fully saturated rings. The molecule has 0 bridgehead atoms. The molecule has 0 N–H and O–H groups in total. The summed E-state index contributed by atoms with van der Waals surface area (Å²) in [5, 5.41) is 0. The summed E-state index contributed by atoms with van der Waals surface area (Å²) in [4.78, 5) is 33.6. The van der Waals surface area contributed by atoms with E-state index in [-0.39, 0.29) is 6.61 Å². The number of esters is 1. The highest BCUT2D eigenvalue weighted by molar-refractivity contribution is 6.38. The summed E-state index contributed by atoms with van der Waals surface area (Å²) in [5.74, 6) is -8.51. The van der Waals surface area contributed by atoms with Gasteiger partial charge in [0.25, 0.3) is 0 Å². The number of carbonyl (C=O) groups is 3. The molecule has 1 aromatic rings. The van der Waals surface area contributed by atoms with E-state index in [9.17, 15) is 27.6 Å². The van der Waals surface area contributed by atoms with Crippen molar-refractivity contribution in [3.8, 4) is 0 Å². The minimum atomic E-state index is -1.81. The summed E-state index contributed by atoms with van der Waals surface area (Å²) in [5.41, 5.74) is -0.795. The molecule has 102 valence electrons. The van der Waals surface area contributed by atoms with E-state index < -0.39 is 47.0 Å². The van der Waals surface area contributed by atoms with E-state index in [1.807, 2.05) is 0 Å². The molecule has 0 unspecified atom stereocenters. The molecule has 7 heteroatoms. The number of ketones is 2. The predicted octanol–water partition coefficient (Wildman–Crippen LogP) is 1.81. The second-order valence-electron chi connectivity index (χ2n) is 3.47. The van der Waals surface area contributed by atoms with Crippen LogP contribution in [0.15, 0.2) is 12.1 Å². The molecule has 0 spiro atoms. The monoisotopic (exact) mass is 274 g/mol. The Morgan fingerprint density at radius 1 is 1.11 bits per heavy atom. The van der Waals surface area contributed by atoms with Gasteiger partial charge in [0.15, 0.2) is 23.2 Å². The fraction of sp³-hybridized carbons (Fsp3) is 0.250. The van der Waals surface area contributed by atoms with E-state index in [2.05, 4.69) is 4.74 Å². The van der Waals surface area contributed by atoms with Gasteiger partial charge in [0.05, 0.1) is 18.6 Å². The SMILES string of the molecule is CCOC(=O)C(=O)CC(=O)c1ccc(F)c(F)c1F. The molecule has 1 rings (SSSR count). The molecule has 0 heterocycles. The second kappa shape index (κ2) is 6.12. The summed E-state index contributed by atoms with van der Waals surface area (Å²) >= 11 is 0. The molecule has 0 atom stereocenters. The van der Waals surface area contributed by atoms with Gasteiger partial charge in [-0.3, -0.25) is 9.59 Å². The average molecular weight is 274 g/mol. The van der Waals surface area contributed by atoms with Crippen molar-refractivity contribution in [2.75, 3.05) is 6.61 Å². The van der Waals surface area contributed by atoms with Crippen LogP contribution in [0.2, 0.25) is 0 Å². The Morgan fingerprint density at radius 2 is 1.74 bits per heavy atom. The summed E-state index contributed by atoms with van der Waals surface area (Å²) < 4.78 is 43.1. The molecule has 0 aromatic heterocycles. The largest absolute Gasteiger partial charge is 0.460 e. The number of halogens is 3. The second-order valence-corrected chi connectivity index (χ2v) is 3.47. The van der Waals surface area contributed by atoms with Gasteiger partial charge in [-0.1, -0.05) is 0 Å². The predicted molar refractivity (Wildman–Crippen MR) is 56.9 cm³/mol. The highest BCUT2D eigenvalue weighted by atomic mass is 19.2. The maximum absolute atomic E-state index is 13.2. The molecule has 0 amide bonds. The third-order valence-corrected chi connectivity index (χ3v) is 2.16. The van der Waals surface area contributed by atoms with Crippen LogP contribution in [0.3, 0.4) is 0 Å². The smallest absolute Gasteiger partial charge is 0.375 e. The molecule has 0 saturated heterocycles. The van der Waals surface area contributed by atoms with Crippen molar-refractivity contribution in [2.24, 2.45) is 0 Å². The third-order valence-electron chi connectivity index (χ3n) is 2.16. The normalized spacial score (nSPS) is 10.1. The van der Waals surface area contributed by atoms with Gasteiger partial charge in [-0.05, 0) is 19.1 Å². The Morgan fingerprint density at radius 3 is 2.32 bits per heavy atom. The van der Waals surface area contributed by atoms with Crippen LogP contribution in [-0.2, 0) is 14.3 Å². The van der Waals surface area contributed by atoms with Crippen LogP contribution in [0.4, 0.5) is 13.2 Å². The lowest BCUT2D eigenvalue weighted by Crippen LogP contribution is -2.21. The van der Waals surface area contributed by atoms with Crippen molar-refractivity contribution < 1.29 is 32.3 Å². The average Bonchev–Trinajstić information content (AvgIpc) is 2.36. The first-order valence-corrected chi connectivity index (χ1v) is 5.25. The van der Waals surface area contributed by atoms with Gasteiger partial charge >= 0.3 is 5.97 Å². The molecule has 1 aromatic carbocycles. The first kappa shape index (κ1) is 14.9. The molecule has 4 nitrogen and oxygen atoms in total. The topological polar surface area (TPSA) is 60.4 Å². The van der Waals surface area contributed by atoms with Crippen LogP contribution >= 0.6 is 0 Å². The lowest BCUT2D eigenvalue weighted by molar-refractivity contribution is -0.153. The number of ether oxygens (including phenoxy) is 1. The molecule has 0 saturated carbocycles. The molecular weight excluding hydrogens is 265 g/mol. The summed E-state index contributed by atoms with van der Waals surface area (Å²) in [6.07, 6.45) is -0.971. The van der Waals surface area contributed by atoms with Gasteiger partial charge in [0.2, 0.25) is 5.78 Å². The van der Waals surface area contributed by atoms with Gasteiger partial charge in [-0.2, -0.15) is 0 Å². The van der Waals surface area contributed by atoms with Crippen LogP contribution in [0, 0.1) is 17.5 Å². The van der Waals surface area contributed by atoms with Crippen molar-refractivity contribution in [2.45, 2.75) is 13.3 Å². The summed E-state index contributed by atoms with van der Waals surface area (Å²) in [6, 6.07) is 1.26. The standard InChI is InChI=1S/C12H9F3O4/c1-2-19-12(18)9(17)5-8(16)6-3-4-7(13)11(15)10(6)14/h3-4H,2,5H2,1H3. The molecule has 0 aliphatic carbocycles. The van der Waals surface area contributed by atoms with Crippen molar-refractivity contribution >= 4 is 17.5 Å². The Bertz CT molecular complexity index is 540. The zero-order valence-corrected chi connectivity index (χ0v) is 9.84. The van der Waals surface area contributed by atoms with Crippen LogP contribution in [-0.4, -0.2) is 24.1 Å². The number of hydrogen-bond donors (Lipinski definition) is 0. The van der Waals surface area contributed by atoms with E-state index in [0.717, 1.165) is 0 Å². The maximum Gasteiger partial charge on any atom is 0.375 e. The minimum absolute atomic E-state index is 0.0572. The van der Waals surface area contributed by atoms with Crippen molar-refractivity contribution in [3.63, 3.8) is 0 Å². The van der Waals surface area contributed by atoms with Gasteiger partial charge in [-0.25, -0.2) is 18.0 Å². The first-order chi connectivity index (χ1) is 8.88. The van der Waals surface area contributed by atoms with Crippen LogP contribution in [0.1, 0.15) is 23.7 Å². The number of rotatable bonds is 5. The van der Waals surface area contributed by atoms with Gasteiger partial charge in [0, 0.05) is 0 Å². The Labute approximate surface area is 106 Å². The van der Waals surface area contributed by atoms with Crippen LogP contribution in [0.25, 0.3) is 0 Å². The minimum Gasteiger partial charge on any atom is -0.460 e. The molecule has 0 aliphatic rings. The number of carbonyl (C=O) groups excluding carboxylic acids is 3. The zero-order chi connectivity index (χ0) is 14.6. The van der Waals surface area contributed by atoms with Gasteiger partial charge in [-0.15, -0.1) is 0 Å². The Balaban J connectivity index is 2.88. The number of Topliss-reactive ketones (excluding diaryl/α,β-unsaturated/α-hetero) is 2.